The minimum absolute atomic E-state index is 0.175. The first-order valence-electron chi connectivity index (χ1n) is 4.74. The summed E-state index contributed by atoms with van der Waals surface area (Å²) in [7, 11) is 0. The predicted octanol–water partition coefficient (Wildman–Crippen LogP) is 1.81. The Morgan fingerprint density at radius 3 is 3.14 bits per heavy atom. The lowest BCUT2D eigenvalue weighted by atomic mass is 10.2. The molecule has 2 rings (SSSR count). The summed E-state index contributed by atoms with van der Waals surface area (Å²) in [5, 5.41) is 3.03. The molecule has 0 aromatic carbocycles. The number of ether oxygens (including phenoxy) is 1. The van der Waals surface area contributed by atoms with Crippen molar-refractivity contribution in [2.24, 2.45) is 0 Å². The van der Waals surface area contributed by atoms with Crippen molar-refractivity contribution in [1.82, 2.24) is 4.98 Å². The minimum Gasteiger partial charge on any atom is -0.376 e. The molecule has 1 aromatic rings. The fourth-order valence-electron chi connectivity index (χ4n) is 1.60. The summed E-state index contributed by atoms with van der Waals surface area (Å²) in [4.78, 5) is 3.93. The summed E-state index contributed by atoms with van der Waals surface area (Å²) in [5.74, 6) is 0.00209. The fourth-order valence-corrected chi connectivity index (χ4v) is 1.60. The highest BCUT2D eigenvalue weighted by Gasteiger charge is 2.22. The number of halogens is 1. The van der Waals surface area contributed by atoms with Gasteiger partial charge in [0.25, 0.3) is 0 Å². The normalized spacial score (nSPS) is 26.4. The van der Waals surface area contributed by atoms with Crippen LogP contribution in [0.25, 0.3) is 0 Å². The number of nitrogens with zero attached hydrogens (tertiary/aromatic N) is 1. The molecule has 2 heterocycles. The van der Waals surface area contributed by atoms with Crippen molar-refractivity contribution in [3.05, 3.63) is 24.1 Å². The summed E-state index contributed by atoms with van der Waals surface area (Å²) in [6.07, 6.45) is 2.72. The Labute approximate surface area is 82.3 Å². The second-order valence-electron chi connectivity index (χ2n) is 3.55. The van der Waals surface area contributed by atoms with Crippen LogP contribution in [0.15, 0.2) is 18.3 Å². The van der Waals surface area contributed by atoms with Crippen LogP contribution in [-0.2, 0) is 4.74 Å². The molecule has 1 N–H and O–H groups in total. The average molecular weight is 196 g/mol. The molecule has 0 unspecified atom stereocenters. The molecule has 4 heteroatoms. The van der Waals surface area contributed by atoms with Crippen LogP contribution in [0.3, 0.4) is 0 Å². The zero-order chi connectivity index (χ0) is 9.97. The highest BCUT2D eigenvalue weighted by Crippen LogP contribution is 2.18. The Hall–Kier alpha value is -1.16. The van der Waals surface area contributed by atoms with E-state index in [4.69, 9.17) is 4.74 Å². The van der Waals surface area contributed by atoms with Gasteiger partial charge in [-0.3, -0.25) is 0 Å². The van der Waals surface area contributed by atoms with Crippen LogP contribution in [0.1, 0.15) is 13.3 Å². The molecule has 14 heavy (non-hydrogen) atoms. The van der Waals surface area contributed by atoms with E-state index in [1.807, 2.05) is 6.92 Å². The third-order valence-corrected chi connectivity index (χ3v) is 2.30. The molecule has 1 aliphatic rings. The summed E-state index contributed by atoms with van der Waals surface area (Å²) >= 11 is 0. The molecule has 1 aromatic heterocycles. The average Bonchev–Trinajstić information content (AvgIpc) is 2.56. The predicted molar refractivity (Wildman–Crippen MR) is 51.6 cm³/mol. The summed E-state index contributed by atoms with van der Waals surface area (Å²) in [6, 6.07) is 3.15. The summed E-state index contributed by atoms with van der Waals surface area (Å²) in [5.41, 5.74) is 0. The van der Waals surface area contributed by atoms with Crippen LogP contribution in [-0.4, -0.2) is 23.7 Å². The molecule has 0 bridgehead atoms. The lowest BCUT2D eigenvalue weighted by Gasteiger charge is -2.11. The zero-order valence-electron chi connectivity index (χ0n) is 8.03. The van der Waals surface area contributed by atoms with E-state index >= 15 is 0 Å². The van der Waals surface area contributed by atoms with Gasteiger partial charge in [0.2, 0.25) is 0 Å². The SMILES string of the molecule is C[C@@H]1C[C@@H](Nc2ncccc2F)CO1. The van der Waals surface area contributed by atoms with Gasteiger partial charge in [0, 0.05) is 6.20 Å². The van der Waals surface area contributed by atoms with E-state index in [-0.39, 0.29) is 18.0 Å². The zero-order valence-corrected chi connectivity index (χ0v) is 8.03. The number of rotatable bonds is 2. The van der Waals surface area contributed by atoms with Crippen LogP contribution in [0.2, 0.25) is 0 Å². The maximum Gasteiger partial charge on any atom is 0.165 e. The van der Waals surface area contributed by atoms with Crippen molar-refractivity contribution in [2.75, 3.05) is 11.9 Å². The van der Waals surface area contributed by atoms with Crippen LogP contribution in [0.5, 0.6) is 0 Å². The maximum atomic E-state index is 13.2. The third-order valence-electron chi connectivity index (χ3n) is 2.30. The highest BCUT2D eigenvalue weighted by atomic mass is 19.1. The molecule has 0 radical (unpaired) electrons. The maximum absolute atomic E-state index is 13.2. The lowest BCUT2D eigenvalue weighted by molar-refractivity contribution is 0.124. The number of hydrogen-bond acceptors (Lipinski definition) is 3. The molecule has 3 nitrogen and oxygen atoms in total. The van der Waals surface area contributed by atoms with Crippen molar-refractivity contribution < 1.29 is 9.13 Å². The van der Waals surface area contributed by atoms with Gasteiger partial charge in [0.15, 0.2) is 11.6 Å². The van der Waals surface area contributed by atoms with Gasteiger partial charge < -0.3 is 10.1 Å². The standard InChI is InChI=1S/C10H13FN2O/c1-7-5-8(6-14-7)13-10-9(11)3-2-4-12-10/h2-4,7-8H,5-6H2,1H3,(H,12,13)/t7-,8-/m1/s1. The molecule has 1 fully saturated rings. The minimum atomic E-state index is -0.313. The largest absolute Gasteiger partial charge is 0.376 e. The van der Waals surface area contributed by atoms with E-state index in [0.717, 1.165) is 6.42 Å². The van der Waals surface area contributed by atoms with Crippen LogP contribution >= 0.6 is 0 Å². The van der Waals surface area contributed by atoms with Gasteiger partial charge in [0.1, 0.15) is 0 Å². The van der Waals surface area contributed by atoms with Gasteiger partial charge in [-0.1, -0.05) is 0 Å². The van der Waals surface area contributed by atoms with Crippen molar-refractivity contribution in [1.29, 1.82) is 0 Å². The monoisotopic (exact) mass is 196 g/mol. The number of hydrogen-bond donors (Lipinski definition) is 1. The van der Waals surface area contributed by atoms with E-state index in [0.29, 0.717) is 12.4 Å². The van der Waals surface area contributed by atoms with E-state index in [1.54, 1.807) is 12.3 Å². The first-order valence-corrected chi connectivity index (χ1v) is 4.74. The lowest BCUT2D eigenvalue weighted by Crippen LogP contribution is -2.20. The Kier molecular flexibility index (Phi) is 2.63. The number of anilines is 1. The van der Waals surface area contributed by atoms with E-state index in [9.17, 15) is 4.39 Å². The highest BCUT2D eigenvalue weighted by molar-refractivity contribution is 5.36. The van der Waals surface area contributed by atoms with Gasteiger partial charge in [-0.05, 0) is 25.5 Å². The van der Waals surface area contributed by atoms with Gasteiger partial charge in [-0.25, -0.2) is 9.37 Å². The smallest absolute Gasteiger partial charge is 0.165 e. The van der Waals surface area contributed by atoms with Gasteiger partial charge in [-0.2, -0.15) is 0 Å². The quantitative estimate of drug-likeness (QED) is 0.783. The van der Waals surface area contributed by atoms with E-state index < -0.39 is 0 Å². The van der Waals surface area contributed by atoms with Crippen molar-refractivity contribution >= 4 is 5.82 Å². The Morgan fingerprint density at radius 1 is 1.64 bits per heavy atom. The van der Waals surface area contributed by atoms with Crippen molar-refractivity contribution in [3.8, 4) is 0 Å². The van der Waals surface area contributed by atoms with Gasteiger partial charge in [-0.15, -0.1) is 0 Å². The summed E-state index contributed by atoms with van der Waals surface area (Å²) < 4.78 is 18.5. The van der Waals surface area contributed by atoms with E-state index in [2.05, 4.69) is 10.3 Å². The fraction of sp³-hybridized carbons (Fsp3) is 0.500. The second-order valence-corrected chi connectivity index (χ2v) is 3.55. The van der Waals surface area contributed by atoms with Crippen LogP contribution < -0.4 is 5.32 Å². The summed E-state index contributed by atoms with van der Waals surface area (Å²) in [6.45, 7) is 2.63. The number of aromatic nitrogens is 1. The molecular formula is C10H13FN2O. The first-order chi connectivity index (χ1) is 6.75. The first kappa shape index (κ1) is 9.40. The molecule has 0 spiro atoms. The molecular weight excluding hydrogens is 183 g/mol. The molecule has 2 atom stereocenters. The Morgan fingerprint density at radius 2 is 2.50 bits per heavy atom. The molecule has 1 saturated heterocycles. The molecule has 76 valence electrons. The molecule has 0 aliphatic carbocycles. The number of pyridine rings is 1. The van der Waals surface area contributed by atoms with Gasteiger partial charge >= 0.3 is 0 Å². The van der Waals surface area contributed by atoms with Gasteiger partial charge in [0.05, 0.1) is 18.8 Å². The molecule has 0 saturated carbocycles. The molecule has 1 aliphatic heterocycles. The van der Waals surface area contributed by atoms with Crippen molar-refractivity contribution in [3.63, 3.8) is 0 Å². The Bertz CT molecular complexity index is 319. The van der Waals surface area contributed by atoms with Crippen LogP contribution in [0, 0.1) is 5.82 Å². The van der Waals surface area contributed by atoms with E-state index in [1.165, 1.54) is 6.07 Å². The third kappa shape index (κ3) is 2.01. The number of nitrogens with one attached hydrogen (secondary N) is 1. The van der Waals surface area contributed by atoms with Crippen molar-refractivity contribution in [2.45, 2.75) is 25.5 Å². The second kappa shape index (κ2) is 3.92. The van der Waals surface area contributed by atoms with Crippen LogP contribution in [0.4, 0.5) is 10.2 Å². The topological polar surface area (TPSA) is 34.2 Å². The Balaban J connectivity index is 2.01. The molecule has 0 amide bonds.